The maximum Gasteiger partial charge on any atom is 0.153 e. The predicted octanol–water partition coefficient (Wildman–Crippen LogP) is 4.36. The van der Waals surface area contributed by atoms with Gasteiger partial charge in [0.1, 0.15) is 10.9 Å². The van der Waals surface area contributed by atoms with Gasteiger partial charge in [0.15, 0.2) is 10.7 Å². The molecule has 0 unspecified atom stereocenters. The number of benzene rings is 1. The molecular weight excluding hydrogens is 442 g/mol. The lowest BCUT2D eigenvalue weighted by molar-refractivity contribution is 0.348. The minimum atomic E-state index is -2.41. The summed E-state index contributed by atoms with van der Waals surface area (Å²) in [6, 6.07) is 10.5. The summed E-state index contributed by atoms with van der Waals surface area (Å²) in [6.07, 6.45) is 6.42. The monoisotopic (exact) mass is 463 g/mol. The topological polar surface area (TPSA) is 102 Å². The van der Waals surface area contributed by atoms with Crippen LogP contribution in [0.25, 0.3) is 26.7 Å². The molecule has 0 saturated carbocycles. The van der Waals surface area contributed by atoms with Crippen LogP contribution in [-0.2, 0) is 10.7 Å². The number of anilines is 2. The lowest BCUT2D eigenvalue weighted by Gasteiger charge is -2.23. The van der Waals surface area contributed by atoms with E-state index in [0.717, 1.165) is 49.4 Å². The molecule has 9 heteroatoms. The van der Waals surface area contributed by atoms with Gasteiger partial charge in [-0.1, -0.05) is 6.08 Å². The van der Waals surface area contributed by atoms with Crippen molar-refractivity contribution < 1.29 is 8.42 Å². The average molecular weight is 464 g/mol. The fourth-order valence-electron chi connectivity index (χ4n) is 4.15. The third-order valence-corrected chi connectivity index (χ3v) is 7.62. The van der Waals surface area contributed by atoms with Gasteiger partial charge in [0.05, 0.1) is 17.1 Å². The van der Waals surface area contributed by atoms with Crippen LogP contribution in [-0.4, -0.2) is 42.3 Å². The summed E-state index contributed by atoms with van der Waals surface area (Å²) in [7, 11) is -2.41. The molecule has 4 aromatic rings. The molecule has 5 rings (SSSR count). The van der Waals surface area contributed by atoms with E-state index >= 15 is 0 Å². The zero-order valence-corrected chi connectivity index (χ0v) is 19.1. The van der Waals surface area contributed by atoms with Crippen LogP contribution in [0.15, 0.2) is 42.7 Å². The molecular formula is C23H21N5O2S2. The smallest absolute Gasteiger partial charge is 0.153 e. The van der Waals surface area contributed by atoms with Gasteiger partial charge < -0.3 is 10.3 Å². The van der Waals surface area contributed by atoms with E-state index in [9.17, 15) is 13.7 Å². The van der Waals surface area contributed by atoms with E-state index in [1.165, 1.54) is 5.57 Å². The molecule has 1 aliphatic heterocycles. The first kappa shape index (κ1) is 20.7. The largest absolute Gasteiger partial charge is 0.361 e. The summed E-state index contributed by atoms with van der Waals surface area (Å²) in [6.45, 7) is 3.39. The number of fused-ring (bicyclic) bond motifs is 2. The van der Waals surface area contributed by atoms with E-state index in [-0.39, 0.29) is 5.88 Å². The van der Waals surface area contributed by atoms with Crippen molar-refractivity contribution in [1.82, 2.24) is 14.9 Å². The molecule has 32 heavy (non-hydrogen) atoms. The van der Waals surface area contributed by atoms with Gasteiger partial charge in [-0.3, -0.25) is 4.90 Å². The van der Waals surface area contributed by atoms with Gasteiger partial charge in [-0.05, 0) is 48.7 Å². The lowest BCUT2D eigenvalue weighted by Crippen LogP contribution is -2.29. The lowest BCUT2D eigenvalue weighted by atomic mass is 10.1. The highest BCUT2D eigenvalue weighted by atomic mass is 32.2. The SMILES string of the molecule is Cc1c(Nc2c(C#N)cnc3sc(C4=CCN(C[SH](=O)=O)CC4)cc23)ccc2[nH]ccc12. The first-order valence-corrected chi connectivity index (χ1v) is 12.4. The summed E-state index contributed by atoms with van der Waals surface area (Å²) < 4.78 is 22.0. The van der Waals surface area contributed by atoms with E-state index in [1.54, 1.807) is 17.5 Å². The first-order chi connectivity index (χ1) is 15.5. The van der Waals surface area contributed by atoms with Crippen molar-refractivity contribution in [2.24, 2.45) is 0 Å². The van der Waals surface area contributed by atoms with Crippen LogP contribution in [0, 0.1) is 18.3 Å². The van der Waals surface area contributed by atoms with Crippen molar-refractivity contribution in [2.75, 3.05) is 24.3 Å². The van der Waals surface area contributed by atoms with Crippen LogP contribution >= 0.6 is 11.3 Å². The van der Waals surface area contributed by atoms with Crippen LogP contribution in [0.4, 0.5) is 11.4 Å². The Bertz CT molecular complexity index is 1480. The van der Waals surface area contributed by atoms with Gasteiger partial charge in [0.25, 0.3) is 0 Å². The zero-order valence-electron chi connectivity index (χ0n) is 17.4. The Morgan fingerprint density at radius 3 is 2.94 bits per heavy atom. The highest BCUT2D eigenvalue weighted by molar-refractivity contribution is 7.72. The number of H-pyrrole nitrogens is 1. The second kappa shape index (κ2) is 8.39. The van der Waals surface area contributed by atoms with Gasteiger partial charge in [-0.25, -0.2) is 13.4 Å². The Hall–Kier alpha value is -3.19. The number of thiol groups is 1. The molecule has 0 bridgehead atoms. The average Bonchev–Trinajstić information content (AvgIpc) is 3.43. The minimum Gasteiger partial charge on any atom is -0.361 e. The number of hydrogen-bond donors (Lipinski definition) is 3. The standard InChI is InChI=1S/C23H21N5O2S2/c1-14-17-4-7-25-20(17)3-2-19(14)27-22-16(11-24)12-26-23-18(22)10-21(31-23)15-5-8-28(9-6-15)13-32(29)30/h2-5,7,10,12,25,32H,6,8-9,13H2,1H3,(H,26,27). The summed E-state index contributed by atoms with van der Waals surface area (Å²) in [5.74, 6) is 0.0948. The van der Waals surface area contributed by atoms with Crippen molar-refractivity contribution in [1.29, 1.82) is 5.26 Å². The molecule has 0 radical (unpaired) electrons. The van der Waals surface area contributed by atoms with Gasteiger partial charge in [0.2, 0.25) is 0 Å². The van der Waals surface area contributed by atoms with E-state index in [0.29, 0.717) is 18.7 Å². The van der Waals surface area contributed by atoms with Crippen LogP contribution in [0.3, 0.4) is 0 Å². The molecule has 0 saturated heterocycles. The minimum absolute atomic E-state index is 0.0948. The van der Waals surface area contributed by atoms with E-state index in [2.05, 4.69) is 40.4 Å². The molecule has 2 N–H and O–H groups in total. The van der Waals surface area contributed by atoms with Crippen LogP contribution in [0.2, 0.25) is 0 Å². The van der Waals surface area contributed by atoms with Crippen molar-refractivity contribution >= 4 is 60.1 Å². The number of pyridine rings is 1. The van der Waals surface area contributed by atoms with Crippen LogP contribution in [0.5, 0.6) is 0 Å². The number of hydrogen-bond acceptors (Lipinski definition) is 7. The van der Waals surface area contributed by atoms with Gasteiger partial charge >= 0.3 is 0 Å². The molecule has 0 aliphatic carbocycles. The number of aryl methyl sites for hydroxylation is 1. The number of thiophene rings is 1. The van der Waals surface area contributed by atoms with Crippen molar-refractivity contribution in [3.8, 4) is 6.07 Å². The van der Waals surface area contributed by atoms with Gasteiger partial charge in [-0.2, -0.15) is 5.26 Å². The maximum atomic E-state index is 11.0. The summed E-state index contributed by atoms with van der Waals surface area (Å²) in [5.41, 5.74) is 5.59. The fraction of sp³-hybridized carbons (Fsp3) is 0.217. The molecule has 0 spiro atoms. The molecule has 0 fully saturated rings. The zero-order chi connectivity index (χ0) is 22.2. The summed E-state index contributed by atoms with van der Waals surface area (Å²) in [4.78, 5) is 11.6. The number of aromatic amines is 1. The number of nitriles is 1. The van der Waals surface area contributed by atoms with Crippen LogP contribution < -0.4 is 5.32 Å². The Balaban J connectivity index is 1.53. The molecule has 3 aromatic heterocycles. The summed E-state index contributed by atoms with van der Waals surface area (Å²) >= 11 is 1.60. The number of aromatic nitrogens is 2. The van der Waals surface area contributed by atoms with E-state index in [4.69, 9.17) is 0 Å². The quantitative estimate of drug-likeness (QED) is 0.380. The normalized spacial score (nSPS) is 14.7. The summed E-state index contributed by atoms with van der Waals surface area (Å²) in [5, 5.41) is 15.3. The van der Waals surface area contributed by atoms with Crippen molar-refractivity contribution in [3.63, 3.8) is 0 Å². The number of rotatable bonds is 5. The second-order valence-corrected chi connectivity index (χ2v) is 9.80. The number of nitrogens with one attached hydrogen (secondary N) is 2. The van der Waals surface area contributed by atoms with Gasteiger partial charge in [-0.15, -0.1) is 11.3 Å². The van der Waals surface area contributed by atoms with E-state index < -0.39 is 10.7 Å². The van der Waals surface area contributed by atoms with E-state index in [1.807, 2.05) is 29.3 Å². The Morgan fingerprint density at radius 1 is 1.31 bits per heavy atom. The third-order valence-electron chi connectivity index (χ3n) is 5.87. The van der Waals surface area contributed by atoms with Gasteiger partial charge in [0, 0.05) is 52.3 Å². The molecule has 1 aliphatic rings. The maximum absolute atomic E-state index is 11.0. The van der Waals surface area contributed by atoms with Crippen molar-refractivity contribution in [3.05, 3.63) is 58.7 Å². The Kier molecular flexibility index (Phi) is 5.43. The first-order valence-electron chi connectivity index (χ1n) is 10.2. The Labute approximate surface area is 191 Å². The Morgan fingerprint density at radius 2 is 2.19 bits per heavy atom. The molecule has 1 aromatic carbocycles. The molecule has 0 atom stereocenters. The molecule has 162 valence electrons. The third kappa shape index (κ3) is 3.77. The molecule has 7 nitrogen and oxygen atoms in total. The highest BCUT2D eigenvalue weighted by Gasteiger charge is 2.18. The predicted molar refractivity (Wildman–Crippen MR) is 130 cm³/mol. The number of nitrogens with zero attached hydrogens (tertiary/aromatic N) is 3. The fourth-order valence-corrected chi connectivity index (χ4v) is 5.81. The van der Waals surface area contributed by atoms with Crippen LogP contribution in [0.1, 0.15) is 22.4 Å². The molecule has 4 heterocycles. The molecule has 0 amide bonds. The van der Waals surface area contributed by atoms with Crippen molar-refractivity contribution in [2.45, 2.75) is 13.3 Å². The highest BCUT2D eigenvalue weighted by Crippen LogP contribution is 2.39. The second-order valence-electron chi connectivity index (χ2n) is 7.82.